The molecule has 0 unspecified atom stereocenters. The minimum Gasteiger partial charge on any atom is -0.447 e. The summed E-state index contributed by atoms with van der Waals surface area (Å²) in [4.78, 5) is 25.0. The maximum absolute atomic E-state index is 11.9. The summed E-state index contributed by atoms with van der Waals surface area (Å²) in [6, 6.07) is 9.52. The second-order valence-corrected chi connectivity index (χ2v) is 6.02. The number of nitrogens with one attached hydrogen (secondary N) is 2. The fourth-order valence-corrected chi connectivity index (χ4v) is 2.37. The van der Waals surface area contributed by atoms with Crippen molar-refractivity contribution < 1.29 is 9.53 Å². The molecule has 0 bridgehead atoms. The smallest absolute Gasteiger partial charge is 0.414 e. The Kier molecular flexibility index (Phi) is 5.58. The highest BCUT2D eigenvalue weighted by atomic mass is 16.6. The third-order valence-corrected chi connectivity index (χ3v) is 3.48. The summed E-state index contributed by atoms with van der Waals surface area (Å²) in [5.41, 5.74) is 1.74. The monoisotopic (exact) mass is 351 g/mol. The molecule has 0 atom stereocenters. The predicted octanol–water partition coefficient (Wildman–Crippen LogP) is 4.14. The fourth-order valence-electron chi connectivity index (χ4n) is 2.37. The summed E-state index contributed by atoms with van der Waals surface area (Å²) in [5, 5.41) is 5.73. The number of rotatable bonds is 5. The Morgan fingerprint density at radius 2 is 1.85 bits per heavy atom. The van der Waals surface area contributed by atoms with E-state index in [1.807, 2.05) is 36.4 Å². The summed E-state index contributed by atoms with van der Waals surface area (Å²) in [6.45, 7) is 3.55. The number of nitrogens with zero attached hydrogens (tertiary/aromatic N) is 3. The third-order valence-electron chi connectivity index (χ3n) is 3.48. The molecule has 1 aromatic heterocycles. The molecule has 0 spiro atoms. The lowest BCUT2D eigenvalue weighted by Gasteiger charge is -2.12. The van der Waals surface area contributed by atoms with Gasteiger partial charge in [-0.05, 0) is 32.8 Å². The lowest BCUT2D eigenvalue weighted by molar-refractivity contribution is 0.129. The number of hydrogen-bond donors (Lipinski definition) is 2. The summed E-state index contributed by atoms with van der Waals surface area (Å²) < 4.78 is 5.10. The highest BCUT2D eigenvalue weighted by molar-refractivity contribution is 5.82. The molecule has 26 heavy (non-hydrogen) atoms. The van der Waals surface area contributed by atoms with Crippen molar-refractivity contribution in [2.45, 2.75) is 32.8 Å². The molecule has 0 fully saturated rings. The van der Waals surface area contributed by atoms with E-state index in [4.69, 9.17) is 4.74 Å². The number of amides is 1. The van der Waals surface area contributed by atoms with Gasteiger partial charge in [-0.15, -0.1) is 0 Å². The van der Waals surface area contributed by atoms with E-state index < -0.39 is 6.09 Å². The molecule has 7 nitrogen and oxygen atoms in total. The highest BCUT2D eigenvalue weighted by Gasteiger charge is 2.13. The molecule has 0 saturated heterocycles. The highest BCUT2D eigenvalue weighted by Crippen LogP contribution is 2.19. The standard InChI is InChI=1S/C19H21N5O2/c1-13(2)26-19(25)24-18-22-16(14-9-5-3-6-10-14)21-17(23-18)20-15-11-7-4-8-12-15/h3,5-7,9-13H,4,8H2,1-2H3,(H2,20,21,22,23,24,25). The Morgan fingerprint density at radius 1 is 1.08 bits per heavy atom. The van der Waals surface area contributed by atoms with E-state index in [2.05, 4.69) is 37.7 Å². The second-order valence-electron chi connectivity index (χ2n) is 6.02. The number of carbonyl (C=O) groups is 1. The van der Waals surface area contributed by atoms with Crippen LogP contribution in [-0.4, -0.2) is 27.1 Å². The van der Waals surface area contributed by atoms with Crippen LogP contribution < -0.4 is 10.6 Å². The van der Waals surface area contributed by atoms with Gasteiger partial charge < -0.3 is 10.1 Å². The van der Waals surface area contributed by atoms with Crippen molar-refractivity contribution in [2.75, 3.05) is 10.6 Å². The van der Waals surface area contributed by atoms with Crippen LogP contribution in [0.25, 0.3) is 11.4 Å². The van der Waals surface area contributed by atoms with Gasteiger partial charge >= 0.3 is 6.09 Å². The number of ether oxygens (including phenoxy) is 1. The van der Waals surface area contributed by atoms with Crippen LogP contribution in [-0.2, 0) is 4.74 Å². The average molecular weight is 351 g/mol. The van der Waals surface area contributed by atoms with Gasteiger partial charge in [0.2, 0.25) is 11.9 Å². The molecule has 2 N–H and O–H groups in total. The van der Waals surface area contributed by atoms with E-state index in [9.17, 15) is 4.79 Å². The van der Waals surface area contributed by atoms with Crippen LogP contribution in [0.3, 0.4) is 0 Å². The fraction of sp³-hybridized carbons (Fsp3) is 0.263. The number of aromatic nitrogens is 3. The van der Waals surface area contributed by atoms with Gasteiger partial charge in [0.15, 0.2) is 5.82 Å². The van der Waals surface area contributed by atoms with Crippen molar-refractivity contribution in [2.24, 2.45) is 0 Å². The van der Waals surface area contributed by atoms with E-state index in [1.165, 1.54) is 0 Å². The molecule has 1 aromatic carbocycles. The first-order valence-electron chi connectivity index (χ1n) is 8.53. The zero-order valence-corrected chi connectivity index (χ0v) is 14.8. The van der Waals surface area contributed by atoms with Gasteiger partial charge in [-0.1, -0.05) is 42.5 Å². The van der Waals surface area contributed by atoms with Gasteiger partial charge in [0.05, 0.1) is 6.10 Å². The van der Waals surface area contributed by atoms with E-state index in [0.717, 1.165) is 24.1 Å². The molecule has 0 saturated carbocycles. The molecule has 3 rings (SSSR count). The SMILES string of the molecule is CC(C)OC(=O)Nc1nc(NC2=CCCC=C2)nc(-c2ccccc2)n1. The van der Waals surface area contributed by atoms with Gasteiger partial charge in [0, 0.05) is 11.3 Å². The maximum Gasteiger partial charge on any atom is 0.414 e. The summed E-state index contributed by atoms with van der Waals surface area (Å²) >= 11 is 0. The zero-order chi connectivity index (χ0) is 18.4. The summed E-state index contributed by atoms with van der Waals surface area (Å²) in [5.74, 6) is 0.951. The molecule has 1 aliphatic carbocycles. The zero-order valence-electron chi connectivity index (χ0n) is 14.8. The van der Waals surface area contributed by atoms with Crippen molar-refractivity contribution in [3.8, 4) is 11.4 Å². The van der Waals surface area contributed by atoms with Gasteiger partial charge in [0.1, 0.15) is 0 Å². The maximum atomic E-state index is 11.9. The molecule has 1 amide bonds. The molecular formula is C19H21N5O2. The first-order chi connectivity index (χ1) is 12.6. The first kappa shape index (κ1) is 17.6. The summed E-state index contributed by atoms with van der Waals surface area (Å²) in [6.07, 6.45) is 7.28. The van der Waals surface area contributed by atoms with Crippen LogP contribution in [0.5, 0.6) is 0 Å². The van der Waals surface area contributed by atoms with Crippen LogP contribution in [0.1, 0.15) is 26.7 Å². The van der Waals surface area contributed by atoms with Crippen LogP contribution in [0.4, 0.5) is 16.7 Å². The van der Waals surface area contributed by atoms with E-state index in [-0.39, 0.29) is 12.1 Å². The number of allylic oxidation sites excluding steroid dienone is 3. The van der Waals surface area contributed by atoms with Gasteiger partial charge in [-0.25, -0.2) is 4.79 Å². The van der Waals surface area contributed by atoms with Crippen molar-refractivity contribution in [1.82, 2.24) is 15.0 Å². The predicted molar refractivity (Wildman–Crippen MR) is 101 cm³/mol. The Hall–Kier alpha value is -3.22. The normalized spacial score (nSPS) is 13.3. The van der Waals surface area contributed by atoms with Crippen molar-refractivity contribution in [3.05, 3.63) is 54.3 Å². The van der Waals surface area contributed by atoms with Crippen LogP contribution in [0.2, 0.25) is 0 Å². The Labute approximate surface area is 152 Å². The summed E-state index contributed by atoms with van der Waals surface area (Å²) in [7, 11) is 0. The molecule has 1 aliphatic rings. The van der Waals surface area contributed by atoms with Gasteiger partial charge in [-0.2, -0.15) is 15.0 Å². The molecule has 7 heteroatoms. The van der Waals surface area contributed by atoms with Crippen molar-refractivity contribution in [1.29, 1.82) is 0 Å². The number of anilines is 2. The van der Waals surface area contributed by atoms with Crippen LogP contribution in [0, 0.1) is 0 Å². The molecule has 2 aromatic rings. The van der Waals surface area contributed by atoms with Crippen molar-refractivity contribution in [3.63, 3.8) is 0 Å². The minimum absolute atomic E-state index is 0.132. The van der Waals surface area contributed by atoms with Gasteiger partial charge in [0.25, 0.3) is 0 Å². The molecule has 1 heterocycles. The second kappa shape index (κ2) is 8.24. The Bertz CT molecular complexity index is 831. The molecule has 134 valence electrons. The minimum atomic E-state index is -0.604. The first-order valence-corrected chi connectivity index (χ1v) is 8.53. The Morgan fingerprint density at radius 3 is 2.54 bits per heavy atom. The quantitative estimate of drug-likeness (QED) is 0.841. The van der Waals surface area contributed by atoms with E-state index in [1.54, 1.807) is 13.8 Å². The molecular weight excluding hydrogens is 330 g/mol. The topological polar surface area (TPSA) is 89.0 Å². The van der Waals surface area contributed by atoms with Crippen LogP contribution >= 0.6 is 0 Å². The average Bonchev–Trinajstić information content (AvgIpc) is 2.62. The van der Waals surface area contributed by atoms with Gasteiger partial charge in [-0.3, -0.25) is 5.32 Å². The largest absolute Gasteiger partial charge is 0.447 e. The number of benzene rings is 1. The van der Waals surface area contributed by atoms with E-state index in [0.29, 0.717) is 11.8 Å². The molecule has 0 aliphatic heterocycles. The Balaban J connectivity index is 1.90. The number of carbonyl (C=O) groups excluding carboxylic acids is 1. The third kappa shape index (κ3) is 4.89. The lowest BCUT2D eigenvalue weighted by Crippen LogP contribution is -2.20. The van der Waals surface area contributed by atoms with E-state index >= 15 is 0 Å². The molecule has 0 radical (unpaired) electrons. The number of hydrogen-bond acceptors (Lipinski definition) is 6. The lowest BCUT2D eigenvalue weighted by atomic mass is 10.1. The van der Waals surface area contributed by atoms with Crippen LogP contribution in [0.15, 0.2) is 54.3 Å². The van der Waals surface area contributed by atoms with Crippen molar-refractivity contribution >= 4 is 18.0 Å².